The molecule has 0 amide bonds. The zero-order valence-electron chi connectivity index (χ0n) is 6.55. The topological polar surface area (TPSA) is 0 Å². The summed E-state index contributed by atoms with van der Waals surface area (Å²) in [6, 6.07) is 4.80. The van der Waals surface area contributed by atoms with Gasteiger partial charge in [0.05, 0.1) is 0 Å². The van der Waals surface area contributed by atoms with Crippen molar-refractivity contribution in [1.82, 2.24) is 0 Å². The Morgan fingerprint density at radius 1 is 1.00 bits per heavy atom. The molecule has 13 heavy (non-hydrogen) atoms. The molecule has 0 aromatic heterocycles. The van der Waals surface area contributed by atoms with Crippen LogP contribution in [0.4, 0.5) is 17.3 Å². The molecule has 0 spiro atoms. The van der Waals surface area contributed by atoms with Crippen LogP contribution in [0.25, 0.3) is 6.08 Å². The van der Waals surface area contributed by atoms with Gasteiger partial charge >= 0.3 is 6.98 Å². The first kappa shape index (κ1) is 9.83. The van der Waals surface area contributed by atoms with E-state index in [1.165, 1.54) is 12.1 Å². The standard InChI is InChI=1S/C8H6BF4/c10-8-3-1-7(2-4-8)5-6-9(11,12)13/h1-6H/q-1/b6-5-. The van der Waals surface area contributed by atoms with Crippen LogP contribution in [0.1, 0.15) is 5.56 Å². The number of rotatable bonds is 2. The fourth-order valence-corrected chi connectivity index (χ4v) is 0.794. The summed E-state index contributed by atoms with van der Waals surface area (Å²) in [5, 5.41) is 0. The molecule has 0 fully saturated rings. The summed E-state index contributed by atoms with van der Waals surface area (Å²) in [6.07, 6.45) is 0.916. The summed E-state index contributed by atoms with van der Waals surface area (Å²) in [5.74, 6) is -0.289. The van der Waals surface area contributed by atoms with Gasteiger partial charge in [-0.05, 0) is 17.7 Å². The molecule has 0 aliphatic carbocycles. The van der Waals surface area contributed by atoms with Gasteiger partial charge < -0.3 is 12.9 Å². The van der Waals surface area contributed by atoms with E-state index >= 15 is 0 Å². The number of hydrogen-bond donors (Lipinski definition) is 0. The highest BCUT2D eigenvalue weighted by Gasteiger charge is 2.16. The molecule has 5 heteroatoms. The minimum absolute atomic E-state index is 0.174. The maximum atomic E-state index is 12.3. The van der Waals surface area contributed by atoms with E-state index in [9.17, 15) is 17.3 Å². The third-order valence-corrected chi connectivity index (χ3v) is 1.38. The lowest BCUT2D eigenvalue weighted by Gasteiger charge is -2.05. The van der Waals surface area contributed by atoms with Crippen LogP contribution in [0.2, 0.25) is 0 Å². The van der Waals surface area contributed by atoms with Crippen molar-refractivity contribution in [2.75, 3.05) is 0 Å². The second kappa shape index (κ2) is 3.64. The lowest BCUT2D eigenvalue weighted by molar-refractivity contribution is 0.499. The van der Waals surface area contributed by atoms with Crippen molar-refractivity contribution in [3.63, 3.8) is 0 Å². The van der Waals surface area contributed by atoms with E-state index in [1.807, 2.05) is 0 Å². The highest BCUT2D eigenvalue weighted by atomic mass is 19.4. The van der Waals surface area contributed by atoms with Crippen LogP contribution < -0.4 is 0 Å². The average Bonchev–Trinajstić information content (AvgIpc) is 2.02. The Morgan fingerprint density at radius 3 is 2.00 bits per heavy atom. The Bertz CT molecular complexity index is 299. The van der Waals surface area contributed by atoms with Gasteiger partial charge in [-0.2, -0.15) is 0 Å². The molecule has 0 heterocycles. The van der Waals surface area contributed by atoms with E-state index in [1.54, 1.807) is 0 Å². The molecule has 1 rings (SSSR count). The Balaban J connectivity index is 2.75. The number of halogens is 4. The molecule has 1 aromatic carbocycles. The van der Waals surface area contributed by atoms with E-state index in [2.05, 4.69) is 0 Å². The SMILES string of the molecule is Fc1ccc(/C=C\[B-](F)(F)F)cc1. The fraction of sp³-hybridized carbons (Fsp3) is 0. The van der Waals surface area contributed by atoms with Crippen LogP contribution in [-0.4, -0.2) is 6.98 Å². The first-order valence-corrected chi connectivity index (χ1v) is 3.62. The molecule has 1 aromatic rings. The Hall–Kier alpha value is -1.26. The van der Waals surface area contributed by atoms with E-state index in [4.69, 9.17) is 0 Å². The zero-order valence-corrected chi connectivity index (χ0v) is 6.55. The molecule has 70 valence electrons. The van der Waals surface area contributed by atoms with Crippen LogP contribution in [0.5, 0.6) is 0 Å². The van der Waals surface area contributed by atoms with Crippen molar-refractivity contribution in [1.29, 1.82) is 0 Å². The van der Waals surface area contributed by atoms with Gasteiger partial charge in [-0.15, -0.1) is 5.98 Å². The predicted octanol–water partition coefficient (Wildman–Crippen LogP) is 3.23. The maximum absolute atomic E-state index is 12.3. The summed E-state index contributed by atoms with van der Waals surface area (Å²) in [7, 11) is 0. The minimum atomic E-state index is -4.91. The molecule has 0 saturated carbocycles. The molecule has 0 nitrogen and oxygen atoms in total. The van der Waals surface area contributed by atoms with Crippen molar-refractivity contribution in [2.24, 2.45) is 0 Å². The average molecular weight is 189 g/mol. The van der Waals surface area contributed by atoms with Crippen molar-refractivity contribution in [3.05, 3.63) is 41.6 Å². The summed E-state index contributed by atoms with van der Waals surface area (Å²) in [5.41, 5.74) is 0.334. The van der Waals surface area contributed by atoms with Crippen molar-refractivity contribution in [3.8, 4) is 0 Å². The highest BCUT2D eigenvalue weighted by Crippen LogP contribution is 2.13. The Labute approximate surface area is 72.9 Å². The number of hydrogen-bond acceptors (Lipinski definition) is 0. The lowest BCUT2D eigenvalue weighted by Crippen LogP contribution is -2.09. The molecular weight excluding hydrogens is 183 g/mol. The minimum Gasteiger partial charge on any atom is -0.445 e. The quantitative estimate of drug-likeness (QED) is 0.494. The van der Waals surface area contributed by atoms with Crippen molar-refractivity contribution >= 4 is 13.1 Å². The van der Waals surface area contributed by atoms with E-state index in [0.717, 1.165) is 18.2 Å². The maximum Gasteiger partial charge on any atom is 0.502 e. The molecule has 0 radical (unpaired) electrons. The van der Waals surface area contributed by atoms with Gasteiger partial charge in [-0.25, -0.2) is 4.39 Å². The van der Waals surface area contributed by atoms with E-state index in [-0.39, 0.29) is 5.98 Å². The molecule has 0 atom stereocenters. The summed E-state index contributed by atoms with van der Waals surface area (Å²) in [4.78, 5) is 0. The molecule has 0 aliphatic rings. The Morgan fingerprint density at radius 2 is 1.54 bits per heavy atom. The normalized spacial score (nSPS) is 12.3. The molecular formula is C8H6BF4-. The van der Waals surface area contributed by atoms with E-state index in [0.29, 0.717) is 5.56 Å². The van der Waals surface area contributed by atoms with Crippen LogP contribution in [-0.2, 0) is 0 Å². The van der Waals surface area contributed by atoms with Crippen LogP contribution >= 0.6 is 0 Å². The highest BCUT2D eigenvalue weighted by molar-refractivity contribution is 6.64. The van der Waals surface area contributed by atoms with E-state index < -0.39 is 12.8 Å². The monoisotopic (exact) mass is 189 g/mol. The lowest BCUT2D eigenvalue weighted by atomic mass is 9.91. The largest absolute Gasteiger partial charge is 0.502 e. The molecule has 0 aliphatic heterocycles. The zero-order chi connectivity index (χ0) is 9.90. The molecule has 0 bridgehead atoms. The predicted molar refractivity (Wildman–Crippen MR) is 44.5 cm³/mol. The van der Waals surface area contributed by atoms with Crippen molar-refractivity contribution in [2.45, 2.75) is 0 Å². The van der Waals surface area contributed by atoms with Crippen LogP contribution in [0.15, 0.2) is 30.2 Å². The summed E-state index contributed by atoms with van der Waals surface area (Å²) in [6.45, 7) is -4.91. The summed E-state index contributed by atoms with van der Waals surface area (Å²) >= 11 is 0. The van der Waals surface area contributed by atoms with Gasteiger partial charge in [0.25, 0.3) is 0 Å². The first-order chi connectivity index (χ1) is 5.97. The third-order valence-electron chi connectivity index (χ3n) is 1.38. The second-order valence-electron chi connectivity index (χ2n) is 2.54. The summed E-state index contributed by atoms with van der Waals surface area (Å²) < 4.78 is 47.5. The molecule has 0 N–H and O–H groups in total. The second-order valence-corrected chi connectivity index (χ2v) is 2.54. The van der Waals surface area contributed by atoms with Gasteiger partial charge in [-0.3, -0.25) is 0 Å². The van der Waals surface area contributed by atoms with Crippen LogP contribution in [0, 0.1) is 5.82 Å². The number of benzene rings is 1. The molecule has 0 saturated heterocycles. The Kier molecular flexibility index (Phi) is 2.75. The fourth-order valence-electron chi connectivity index (χ4n) is 0.794. The first-order valence-electron chi connectivity index (χ1n) is 3.62. The van der Waals surface area contributed by atoms with Gasteiger partial charge in [0.15, 0.2) is 0 Å². The van der Waals surface area contributed by atoms with Gasteiger partial charge in [0.2, 0.25) is 0 Å². The van der Waals surface area contributed by atoms with Gasteiger partial charge in [-0.1, -0.05) is 18.2 Å². The van der Waals surface area contributed by atoms with Gasteiger partial charge in [0.1, 0.15) is 5.82 Å². The van der Waals surface area contributed by atoms with Gasteiger partial charge in [0, 0.05) is 0 Å². The smallest absolute Gasteiger partial charge is 0.445 e. The third kappa shape index (κ3) is 3.78. The van der Waals surface area contributed by atoms with Crippen LogP contribution in [0.3, 0.4) is 0 Å². The van der Waals surface area contributed by atoms with Crippen molar-refractivity contribution < 1.29 is 17.3 Å². The molecule has 0 unspecified atom stereocenters.